The number of carbonyl (C=O) groups excluding carboxylic acids is 6. The SMILES string of the molecule is CN(C(=O)CC(=O)N(C)c1c(I)c(C(=O)NCC(O)CO)c(I)c(C(=O)N(CCO)CCO)c1I)c1c(I)c(C(=O)NCC(O)CO)c(I)c(C(=O)N(CCO)CCO)c1I. The van der Waals surface area contributed by atoms with Gasteiger partial charge in [0.2, 0.25) is 11.8 Å². The number of anilines is 2. The molecule has 26 heteroatoms. The summed E-state index contributed by atoms with van der Waals surface area (Å²) in [7, 11) is 2.64. The molecule has 2 aromatic carbocycles. The number of aliphatic hydroxyl groups is 8. The molecule has 2 unspecified atom stereocenters. The number of hydrogen-bond donors (Lipinski definition) is 10. The number of benzene rings is 2. The molecule has 0 aliphatic heterocycles. The molecule has 0 heterocycles. The summed E-state index contributed by atoms with van der Waals surface area (Å²) in [4.78, 5) is 88.0. The maximum atomic E-state index is 14.1. The van der Waals surface area contributed by atoms with Crippen LogP contribution in [0.2, 0.25) is 0 Å². The zero-order valence-corrected chi connectivity index (χ0v) is 45.4. The summed E-state index contributed by atoms with van der Waals surface area (Å²) >= 11 is 10.9. The lowest BCUT2D eigenvalue weighted by Crippen LogP contribution is -2.40. The highest BCUT2D eigenvalue weighted by molar-refractivity contribution is 14.1. The van der Waals surface area contributed by atoms with Crippen molar-refractivity contribution in [2.24, 2.45) is 0 Å². The van der Waals surface area contributed by atoms with Gasteiger partial charge in [0.25, 0.3) is 23.6 Å². The molecular weight excluding hydrogens is 1490 g/mol. The summed E-state index contributed by atoms with van der Waals surface area (Å²) in [5.74, 6) is -4.56. The van der Waals surface area contributed by atoms with E-state index in [9.17, 15) is 69.6 Å². The van der Waals surface area contributed by atoms with E-state index in [2.05, 4.69) is 10.6 Å². The smallest absolute Gasteiger partial charge is 0.256 e. The van der Waals surface area contributed by atoms with Crippen LogP contribution in [0.15, 0.2) is 0 Å². The first-order valence-electron chi connectivity index (χ1n) is 17.8. The van der Waals surface area contributed by atoms with Gasteiger partial charge in [-0.25, -0.2) is 0 Å². The van der Waals surface area contributed by atoms with E-state index >= 15 is 0 Å². The zero-order valence-electron chi connectivity index (χ0n) is 32.4. The molecule has 0 fully saturated rings. The van der Waals surface area contributed by atoms with E-state index in [4.69, 9.17) is 0 Å². The summed E-state index contributed by atoms with van der Waals surface area (Å²) in [5, 5.41) is 82.0. The van der Waals surface area contributed by atoms with Crippen LogP contribution < -0.4 is 20.4 Å². The Morgan fingerprint density at radius 1 is 0.492 bits per heavy atom. The Balaban J connectivity index is 2.80. The fraction of sp³-hybridized carbons (Fsp3) is 0.486. The lowest BCUT2D eigenvalue weighted by molar-refractivity contribution is -0.126. The second-order valence-corrected chi connectivity index (χ2v) is 19.2. The summed E-state index contributed by atoms with van der Waals surface area (Å²) < 4.78 is 1.00. The second-order valence-electron chi connectivity index (χ2n) is 12.7. The molecule has 340 valence electrons. The Kier molecular flexibility index (Phi) is 25.1. The highest BCUT2D eigenvalue weighted by Crippen LogP contribution is 2.40. The van der Waals surface area contributed by atoms with E-state index in [0.717, 1.165) is 19.6 Å². The van der Waals surface area contributed by atoms with E-state index in [0.29, 0.717) is 0 Å². The molecule has 0 spiro atoms. The van der Waals surface area contributed by atoms with Crippen LogP contribution >= 0.6 is 136 Å². The van der Waals surface area contributed by atoms with Crippen LogP contribution in [0.4, 0.5) is 11.4 Å². The summed E-state index contributed by atoms with van der Waals surface area (Å²) in [6, 6.07) is 0. The fourth-order valence-electron chi connectivity index (χ4n) is 5.44. The molecule has 0 saturated heterocycles. The van der Waals surface area contributed by atoms with Crippen LogP contribution in [0, 0.1) is 21.4 Å². The number of rotatable bonds is 22. The molecule has 0 aliphatic carbocycles. The first-order valence-corrected chi connectivity index (χ1v) is 24.3. The van der Waals surface area contributed by atoms with Crippen LogP contribution in [0.25, 0.3) is 0 Å². The normalized spacial score (nSPS) is 12.1. The Bertz CT molecular complexity index is 1820. The van der Waals surface area contributed by atoms with Crippen molar-refractivity contribution < 1.29 is 69.6 Å². The minimum Gasteiger partial charge on any atom is -0.395 e. The van der Waals surface area contributed by atoms with E-state index < -0.39 is 93.7 Å². The number of hydrogen-bond acceptors (Lipinski definition) is 14. The Labute approximate surface area is 432 Å². The van der Waals surface area contributed by atoms with Gasteiger partial charge in [0.05, 0.1) is 99.8 Å². The van der Waals surface area contributed by atoms with Gasteiger partial charge < -0.3 is 71.1 Å². The summed E-state index contributed by atoms with van der Waals surface area (Å²) in [5.41, 5.74) is -0.152. The third kappa shape index (κ3) is 14.2. The zero-order chi connectivity index (χ0) is 46.5. The quantitative estimate of drug-likeness (QED) is 0.0518. The number of amides is 6. The first-order chi connectivity index (χ1) is 28.7. The second kappa shape index (κ2) is 27.1. The van der Waals surface area contributed by atoms with Gasteiger partial charge in [0.15, 0.2) is 0 Å². The number of nitrogens with one attached hydrogen (secondary N) is 2. The first kappa shape index (κ1) is 56.4. The molecule has 2 rings (SSSR count). The van der Waals surface area contributed by atoms with Gasteiger partial charge in [0.1, 0.15) is 6.42 Å². The van der Waals surface area contributed by atoms with Crippen LogP contribution in [0.1, 0.15) is 47.9 Å². The van der Waals surface area contributed by atoms with E-state index in [1.807, 2.05) is 90.4 Å². The maximum Gasteiger partial charge on any atom is 0.256 e. The van der Waals surface area contributed by atoms with Gasteiger partial charge in [-0.1, -0.05) is 0 Å². The highest BCUT2D eigenvalue weighted by atomic mass is 127. The minimum absolute atomic E-state index is 0.0504. The molecule has 10 N–H and O–H groups in total. The third-order valence-corrected chi connectivity index (χ3v) is 15.0. The molecule has 0 radical (unpaired) electrons. The van der Waals surface area contributed by atoms with Gasteiger partial charge in [-0.05, 0) is 136 Å². The topological polar surface area (TPSA) is 301 Å². The Morgan fingerprint density at radius 2 is 0.770 bits per heavy atom. The predicted molar refractivity (Wildman–Crippen MR) is 272 cm³/mol. The number of nitrogens with zero attached hydrogens (tertiary/aromatic N) is 4. The van der Waals surface area contributed by atoms with Crippen LogP contribution in [-0.4, -0.2) is 191 Å². The average molecular weight is 1530 g/mol. The van der Waals surface area contributed by atoms with Crippen molar-refractivity contribution in [2.75, 3.05) is 103 Å². The molecular formula is C35H44I6N6O14. The van der Waals surface area contributed by atoms with Crippen molar-refractivity contribution in [3.05, 3.63) is 43.7 Å². The van der Waals surface area contributed by atoms with Crippen LogP contribution in [-0.2, 0) is 9.59 Å². The minimum atomic E-state index is -1.31. The lowest BCUT2D eigenvalue weighted by Gasteiger charge is -2.29. The molecule has 2 atom stereocenters. The molecule has 0 bridgehead atoms. The molecule has 0 saturated carbocycles. The lowest BCUT2D eigenvalue weighted by atomic mass is 10.1. The molecule has 0 aliphatic rings. The monoisotopic (exact) mass is 1530 g/mol. The van der Waals surface area contributed by atoms with E-state index in [1.165, 1.54) is 14.1 Å². The molecule has 20 nitrogen and oxygen atoms in total. The average Bonchev–Trinajstić information content (AvgIpc) is 3.21. The fourth-order valence-corrected chi connectivity index (χ4v) is 15.1. The van der Waals surface area contributed by atoms with Crippen molar-refractivity contribution in [1.29, 1.82) is 0 Å². The molecule has 2 aromatic rings. The van der Waals surface area contributed by atoms with Gasteiger partial charge >= 0.3 is 0 Å². The maximum absolute atomic E-state index is 14.1. The van der Waals surface area contributed by atoms with Crippen LogP contribution in [0.5, 0.6) is 0 Å². The van der Waals surface area contributed by atoms with Gasteiger partial charge in [-0.15, -0.1) is 0 Å². The van der Waals surface area contributed by atoms with Gasteiger partial charge in [-0.3, -0.25) is 28.8 Å². The predicted octanol–water partition coefficient (Wildman–Crippen LogP) is -0.650. The molecule has 61 heavy (non-hydrogen) atoms. The van der Waals surface area contributed by atoms with Crippen molar-refractivity contribution in [3.8, 4) is 0 Å². The number of halogens is 6. The van der Waals surface area contributed by atoms with E-state index in [1.54, 1.807) is 45.2 Å². The van der Waals surface area contributed by atoms with Gasteiger partial charge in [0, 0.05) is 60.5 Å². The van der Waals surface area contributed by atoms with Crippen molar-refractivity contribution in [2.45, 2.75) is 18.6 Å². The number of carbonyl (C=O) groups is 6. The van der Waals surface area contributed by atoms with Gasteiger partial charge in [-0.2, -0.15) is 0 Å². The van der Waals surface area contributed by atoms with Crippen molar-refractivity contribution in [3.63, 3.8) is 0 Å². The molecule has 6 amide bonds. The van der Waals surface area contributed by atoms with Crippen LogP contribution in [0.3, 0.4) is 0 Å². The molecule has 0 aromatic heterocycles. The largest absolute Gasteiger partial charge is 0.395 e. The van der Waals surface area contributed by atoms with Crippen molar-refractivity contribution >= 4 is 182 Å². The van der Waals surface area contributed by atoms with Crippen molar-refractivity contribution in [1.82, 2.24) is 20.4 Å². The van der Waals surface area contributed by atoms with E-state index in [-0.39, 0.29) is 94.3 Å². The Morgan fingerprint density at radius 3 is 1.03 bits per heavy atom. The Hall–Kier alpha value is -0.680. The highest BCUT2D eigenvalue weighted by Gasteiger charge is 2.36. The summed E-state index contributed by atoms with van der Waals surface area (Å²) in [6.45, 7) is -4.53. The standard InChI is InChI=1S/C35H44I6N6O14/c1-44(30-26(38)20(32(58)42-12-16(54)14-52)24(36)22(28(30)40)34(60)46(3-7-48)4-8-49)18(56)11-19(57)45(2)31-27(39)21(33(59)43-13-17(55)15-53)25(37)23(29(31)41)35(61)47(5-9-50)6-10-51/h16-17,48-55H,3-15H2,1-2H3,(H,42,58)(H,43,59). The number of aliphatic hydroxyl groups excluding tert-OH is 8. The third-order valence-electron chi connectivity index (χ3n) is 8.66. The summed E-state index contributed by atoms with van der Waals surface area (Å²) in [6.07, 6.45) is -3.44.